The Labute approximate surface area is 46.4 Å². The second-order valence-electron chi connectivity index (χ2n) is 1.20. The van der Waals surface area contributed by atoms with Crippen molar-refractivity contribution in [1.82, 2.24) is 5.32 Å². The molecule has 0 spiro atoms. The zero-order valence-corrected chi connectivity index (χ0v) is 4.44. The highest BCUT2D eigenvalue weighted by atomic mass is 32.1. The third kappa shape index (κ3) is 0.863. The van der Waals surface area contributed by atoms with Crippen molar-refractivity contribution in [3.63, 3.8) is 0 Å². The first-order valence-corrected chi connectivity index (χ1v) is 2.40. The van der Waals surface area contributed by atoms with Crippen LogP contribution in [0.1, 0.15) is 0 Å². The van der Waals surface area contributed by atoms with Gasteiger partial charge in [-0.15, -0.1) is 12.6 Å². The van der Waals surface area contributed by atoms with Gasteiger partial charge in [-0.05, 0) is 0 Å². The van der Waals surface area contributed by atoms with Gasteiger partial charge in [-0.1, -0.05) is 0 Å². The molecule has 4 heteroatoms. The van der Waals surface area contributed by atoms with Crippen LogP contribution in [-0.2, 0) is 9.53 Å². The molecule has 1 N–H and O–H groups in total. The first-order valence-electron chi connectivity index (χ1n) is 1.88. The lowest BCUT2D eigenvalue weighted by Gasteiger charge is -1.89. The van der Waals surface area contributed by atoms with Gasteiger partial charge in [0.2, 0.25) is 0 Å². The summed E-state index contributed by atoms with van der Waals surface area (Å²) in [5, 5.41) is 2.43. The number of ether oxygens (including phenoxy) is 1. The molecule has 1 rings (SSSR count). The van der Waals surface area contributed by atoms with E-state index in [1.807, 2.05) is 0 Å². The minimum absolute atomic E-state index is 0.150. The number of carbonyl (C=O) groups excluding carboxylic acids is 1. The number of hydrogen-bond acceptors (Lipinski definition) is 3. The number of hydrogen-bond donors (Lipinski definition) is 2. The summed E-state index contributed by atoms with van der Waals surface area (Å²) in [5.74, 6) is -0.150. The van der Waals surface area contributed by atoms with Crippen molar-refractivity contribution in [2.24, 2.45) is 0 Å². The van der Waals surface area contributed by atoms with Crippen LogP contribution < -0.4 is 5.32 Å². The summed E-state index contributed by atoms with van der Waals surface area (Å²) in [6.45, 7) is 0.299. The van der Waals surface area contributed by atoms with E-state index in [0.717, 1.165) is 0 Å². The summed E-state index contributed by atoms with van der Waals surface area (Å²) in [6.07, 6.45) is 0. The fourth-order valence-corrected chi connectivity index (χ4v) is 0.521. The summed E-state index contributed by atoms with van der Waals surface area (Å²) >= 11 is 3.75. The van der Waals surface area contributed by atoms with E-state index < -0.39 is 5.44 Å². The zero-order valence-electron chi connectivity index (χ0n) is 3.55. The third-order valence-corrected chi connectivity index (χ3v) is 1.10. The van der Waals surface area contributed by atoms with Gasteiger partial charge in [0.05, 0.1) is 0 Å². The quantitative estimate of drug-likeness (QED) is 0.416. The molecule has 1 amide bonds. The molecule has 0 bridgehead atoms. The molecular formula is C3H5NO2S. The van der Waals surface area contributed by atoms with E-state index in [9.17, 15) is 4.79 Å². The second kappa shape index (κ2) is 1.71. The topological polar surface area (TPSA) is 38.3 Å². The van der Waals surface area contributed by atoms with E-state index in [2.05, 4.69) is 22.7 Å². The highest BCUT2D eigenvalue weighted by molar-refractivity contribution is 7.81. The lowest BCUT2D eigenvalue weighted by atomic mass is 10.7. The van der Waals surface area contributed by atoms with Crippen LogP contribution in [0.25, 0.3) is 0 Å². The molecule has 1 fully saturated rings. The molecule has 0 aromatic carbocycles. The van der Waals surface area contributed by atoms with Gasteiger partial charge in [0.15, 0.2) is 5.44 Å². The monoisotopic (exact) mass is 119 g/mol. The smallest absolute Gasteiger partial charge is 0.261 e. The normalized spacial score (nSPS) is 30.4. The molecule has 1 saturated heterocycles. The lowest BCUT2D eigenvalue weighted by molar-refractivity contribution is -0.120. The van der Waals surface area contributed by atoms with Crippen molar-refractivity contribution in [3.05, 3.63) is 0 Å². The maximum absolute atomic E-state index is 10.3. The van der Waals surface area contributed by atoms with Gasteiger partial charge in [-0.25, -0.2) is 0 Å². The van der Waals surface area contributed by atoms with Crippen molar-refractivity contribution < 1.29 is 9.53 Å². The van der Waals surface area contributed by atoms with Crippen LogP contribution in [0.2, 0.25) is 0 Å². The Hall–Kier alpha value is -0.220. The van der Waals surface area contributed by atoms with Crippen LogP contribution in [0.4, 0.5) is 0 Å². The number of amides is 1. The maximum atomic E-state index is 10.3. The Morgan fingerprint density at radius 1 is 2.00 bits per heavy atom. The molecule has 0 radical (unpaired) electrons. The molecule has 1 unspecified atom stereocenters. The molecule has 1 aliphatic heterocycles. The van der Waals surface area contributed by atoms with Crippen molar-refractivity contribution in [1.29, 1.82) is 0 Å². The first-order chi connectivity index (χ1) is 3.30. The molecule has 0 saturated carbocycles. The number of nitrogens with one attached hydrogen (secondary N) is 1. The van der Waals surface area contributed by atoms with E-state index in [-0.39, 0.29) is 5.91 Å². The summed E-state index contributed by atoms with van der Waals surface area (Å²) in [7, 11) is 0. The van der Waals surface area contributed by atoms with Gasteiger partial charge >= 0.3 is 0 Å². The Morgan fingerprint density at radius 2 is 2.71 bits per heavy atom. The predicted octanol–water partition coefficient (Wildman–Crippen LogP) is -0.654. The minimum atomic E-state index is -0.542. The highest BCUT2D eigenvalue weighted by Gasteiger charge is 2.19. The average Bonchev–Trinajstić information content (AvgIpc) is 1.91. The van der Waals surface area contributed by atoms with Crippen LogP contribution in [-0.4, -0.2) is 18.1 Å². The van der Waals surface area contributed by atoms with Gasteiger partial charge in [-0.2, -0.15) is 0 Å². The van der Waals surface area contributed by atoms with Crippen LogP contribution in [0.3, 0.4) is 0 Å². The van der Waals surface area contributed by atoms with Crippen LogP contribution in [0.5, 0.6) is 0 Å². The average molecular weight is 119 g/mol. The second-order valence-corrected chi connectivity index (χ2v) is 1.67. The van der Waals surface area contributed by atoms with E-state index in [1.54, 1.807) is 0 Å². The molecule has 3 nitrogen and oxygen atoms in total. The third-order valence-electron chi connectivity index (χ3n) is 0.712. The minimum Gasteiger partial charge on any atom is -0.338 e. The Balaban J connectivity index is 2.48. The maximum Gasteiger partial charge on any atom is 0.261 e. The van der Waals surface area contributed by atoms with E-state index in [4.69, 9.17) is 0 Å². The van der Waals surface area contributed by atoms with E-state index in [1.165, 1.54) is 0 Å². The van der Waals surface area contributed by atoms with Gasteiger partial charge < -0.3 is 10.1 Å². The van der Waals surface area contributed by atoms with Gasteiger partial charge in [-0.3, -0.25) is 4.79 Å². The van der Waals surface area contributed by atoms with Crippen LogP contribution in [0.15, 0.2) is 0 Å². The molecule has 0 aliphatic carbocycles. The fourth-order valence-electron chi connectivity index (χ4n) is 0.355. The molecule has 7 heavy (non-hydrogen) atoms. The molecule has 1 heterocycles. The van der Waals surface area contributed by atoms with E-state index >= 15 is 0 Å². The predicted molar refractivity (Wildman–Crippen MR) is 26.9 cm³/mol. The molecule has 0 aromatic heterocycles. The Bertz CT molecular complexity index is 94.9. The van der Waals surface area contributed by atoms with Gasteiger partial charge in [0, 0.05) is 0 Å². The number of rotatable bonds is 0. The fraction of sp³-hybridized carbons (Fsp3) is 0.667. The van der Waals surface area contributed by atoms with E-state index in [0.29, 0.717) is 6.73 Å². The molecule has 40 valence electrons. The van der Waals surface area contributed by atoms with Crippen molar-refractivity contribution >= 4 is 18.5 Å². The summed E-state index contributed by atoms with van der Waals surface area (Å²) in [6, 6.07) is 0. The lowest BCUT2D eigenvalue weighted by Crippen LogP contribution is -2.18. The molecule has 1 atom stereocenters. The molecular weight excluding hydrogens is 114 g/mol. The summed E-state index contributed by atoms with van der Waals surface area (Å²) in [5.41, 5.74) is -0.542. The molecule has 1 aliphatic rings. The largest absolute Gasteiger partial charge is 0.338 e. The number of carbonyl (C=O) groups is 1. The van der Waals surface area contributed by atoms with Crippen molar-refractivity contribution in [2.75, 3.05) is 6.73 Å². The molecule has 0 aromatic rings. The number of thiol groups is 1. The van der Waals surface area contributed by atoms with Gasteiger partial charge in [0.1, 0.15) is 6.73 Å². The SMILES string of the molecule is O=C1NCOC1S. The zero-order chi connectivity index (χ0) is 5.28. The van der Waals surface area contributed by atoms with Crippen molar-refractivity contribution in [2.45, 2.75) is 5.44 Å². The van der Waals surface area contributed by atoms with Gasteiger partial charge in [0.25, 0.3) is 5.91 Å². The van der Waals surface area contributed by atoms with Crippen molar-refractivity contribution in [3.8, 4) is 0 Å². The standard InChI is InChI=1S/C3H5NO2S/c5-2-3(7)6-1-4-2/h3,7H,1H2,(H,4,5). The highest BCUT2D eigenvalue weighted by Crippen LogP contribution is 2.00. The Kier molecular flexibility index (Phi) is 1.21. The summed E-state index contributed by atoms with van der Waals surface area (Å²) in [4.78, 5) is 10.3. The van der Waals surface area contributed by atoms with Crippen LogP contribution >= 0.6 is 12.6 Å². The Morgan fingerprint density at radius 3 is 2.86 bits per heavy atom. The summed E-state index contributed by atoms with van der Waals surface area (Å²) < 4.78 is 4.67. The van der Waals surface area contributed by atoms with Crippen LogP contribution in [0, 0.1) is 0 Å². The first kappa shape index (κ1) is 4.93.